The number of carbonyl (C=O) groups excluding carboxylic acids is 3. The Morgan fingerprint density at radius 1 is 1.20 bits per heavy atom. The molecule has 0 aromatic heterocycles. The third kappa shape index (κ3) is 3.26. The molecular weight excluding hydrogens is 416 g/mol. The lowest BCUT2D eigenvalue weighted by Gasteiger charge is -2.15. The minimum absolute atomic E-state index is 0.0192. The Kier molecular flexibility index (Phi) is 4.92. The normalized spacial score (nSPS) is 19.9. The summed E-state index contributed by atoms with van der Waals surface area (Å²) in [7, 11) is 0. The predicted molar refractivity (Wildman–Crippen MR) is 105 cm³/mol. The number of anilines is 1. The van der Waals surface area contributed by atoms with E-state index in [1.807, 2.05) is 6.07 Å². The Labute approximate surface area is 174 Å². The fraction of sp³-hybridized carbons (Fsp3) is 0.158. The Bertz CT molecular complexity index is 1100. The largest absolute Gasteiger partial charge is 0.456 e. The van der Waals surface area contributed by atoms with Gasteiger partial charge in [0.25, 0.3) is 11.6 Å². The van der Waals surface area contributed by atoms with E-state index in [0.717, 1.165) is 16.5 Å². The van der Waals surface area contributed by atoms with Crippen molar-refractivity contribution in [3.05, 3.63) is 69.2 Å². The van der Waals surface area contributed by atoms with Gasteiger partial charge in [0.1, 0.15) is 23.6 Å². The Hall–Kier alpha value is -3.79. The van der Waals surface area contributed by atoms with Crippen LogP contribution < -0.4 is 10.3 Å². The van der Waals surface area contributed by atoms with Crippen molar-refractivity contribution in [1.29, 1.82) is 0 Å². The topological polar surface area (TPSA) is 131 Å². The molecule has 11 heteroatoms. The molecule has 2 atom stereocenters. The van der Waals surface area contributed by atoms with E-state index in [1.165, 1.54) is 12.1 Å². The molecule has 1 N–H and O–H groups in total. The average Bonchev–Trinajstić information content (AvgIpc) is 3.28. The van der Waals surface area contributed by atoms with Crippen LogP contribution in [0.2, 0.25) is 5.02 Å². The lowest BCUT2D eigenvalue weighted by atomic mass is 9.99. The molecule has 4 rings (SSSR count). The lowest BCUT2D eigenvalue weighted by molar-refractivity contribution is -0.384. The van der Waals surface area contributed by atoms with Gasteiger partial charge >= 0.3 is 5.97 Å². The zero-order valence-electron chi connectivity index (χ0n) is 15.1. The number of ether oxygens (including phenoxy) is 1. The smallest absolute Gasteiger partial charge is 0.355 e. The number of fused-ring (bicyclic) bond motifs is 1. The summed E-state index contributed by atoms with van der Waals surface area (Å²) in [4.78, 5) is 49.3. The summed E-state index contributed by atoms with van der Waals surface area (Å²) < 4.78 is 5.21. The van der Waals surface area contributed by atoms with Crippen LogP contribution in [0.3, 0.4) is 0 Å². The molecule has 0 radical (unpaired) electrons. The number of nitrogens with one attached hydrogen (secondary N) is 1. The maximum atomic E-state index is 12.9. The first-order valence-corrected chi connectivity index (χ1v) is 9.12. The summed E-state index contributed by atoms with van der Waals surface area (Å²) in [6.07, 6.45) is 0. The minimum Gasteiger partial charge on any atom is -0.456 e. The van der Waals surface area contributed by atoms with Gasteiger partial charge < -0.3 is 4.74 Å². The Morgan fingerprint density at radius 3 is 2.63 bits per heavy atom. The van der Waals surface area contributed by atoms with Gasteiger partial charge in [0, 0.05) is 6.07 Å². The van der Waals surface area contributed by atoms with E-state index < -0.39 is 40.4 Å². The molecule has 30 heavy (non-hydrogen) atoms. The van der Waals surface area contributed by atoms with E-state index >= 15 is 0 Å². The average molecular weight is 429 g/mol. The van der Waals surface area contributed by atoms with Gasteiger partial charge in [-0.3, -0.25) is 25.1 Å². The number of carbonyl (C=O) groups is 3. The second-order valence-electron chi connectivity index (χ2n) is 6.55. The molecular formula is C19H13ClN4O6. The molecule has 0 aliphatic carbocycles. The molecule has 2 aromatic carbocycles. The molecule has 2 aliphatic heterocycles. The fourth-order valence-corrected chi connectivity index (χ4v) is 3.48. The van der Waals surface area contributed by atoms with Gasteiger partial charge in [0.05, 0.1) is 10.6 Å². The zero-order valence-corrected chi connectivity index (χ0v) is 15.9. The van der Waals surface area contributed by atoms with Crippen LogP contribution >= 0.6 is 11.6 Å². The van der Waals surface area contributed by atoms with Crippen molar-refractivity contribution in [3.8, 4) is 0 Å². The molecule has 2 heterocycles. The van der Waals surface area contributed by atoms with Crippen molar-refractivity contribution in [3.63, 3.8) is 0 Å². The highest BCUT2D eigenvalue weighted by molar-refractivity contribution is 6.46. The van der Waals surface area contributed by atoms with E-state index in [1.54, 1.807) is 24.3 Å². The molecule has 2 aliphatic rings. The summed E-state index contributed by atoms with van der Waals surface area (Å²) in [6.45, 7) is -0.0225. The number of benzene rings is 2. The molecule has 1 saturated heterocycles. The summed E-state index contributed by atoms with van der Waals surface area (Å²) in [5, 5.41) is 14.8. The number of nitrogens with zero attached hydrogens (tertiary/aromatic N) is 3. The van der Waals surface area contributed by atoms with Crippen molar-refractivity contribution in [2.45, 2.75) is 12.6 Å². The van der Waals surface area contributed by atoms with E-state index in [-0.39, 0.29) is 23.0 Å². The molecule has 0 bridgehead atoms. The number of esters is 1. The molecule has 10 nitrogen and oxygen atoms in total. The standard InChI is InChI=1S/C19H13ClN4O6/c20-12-7-6-11(8-13(12)24(28)29)23-17(25)14-15(18(23)26)21-22-16(14)19(27)30-9-10-4-2-1-3-5-10/h1-8,14-15,21H,9H2. The van der Waals surface area contributed by atoms with Crippen LogP contribution in [-0.4, -0.2) is 34.5 Å². The highest BCUT2D eigenvalue weighted by Crippen LogP contribution is 2.35. The molecule has 0 spiro atoms. The number of imide groups is 1. The van der Waals surface area contributed by atoms with Crippen molar-refractivity contribution < 1.29 is 24.0 Å². The van der Waals surface area contributed by atoms with Crippen molar-refractivity contribution in [1.82, 2.24) is 5.43 Å². The van der Waals surface area contributed by atoms with E-state index in [9.17, 15) is 24.5 Å². The molecule has 152 valence electrons. The van der Waals surface area contributed by atoms with E-state index in [4.69, 9.17) is 16.3 Å². The van der Waals surface area contributed by atoms with Crippen LogP contribution in [0.25, 0.3) is 0 Å². The van der Waals surface area contributed by atoms with Crippen LogP contribution in [0, 0.1) is 16.0 Å². The Morgan fingerprint density at radius 2 is 1.93 bits per heavy atom. The van der Waals surface area contributed by atoms with Crippen molar-refractivity contribution in [2.24, 2.45) is 11.0 Å². The number of amides is 2. The van der Waals surface area contributed by atoms with Gasteiger partial charge in [-0.2, -0.15) is 5.10 Å². The molecule has 2 aromatic rings. The number of hydrazone groups is 1. The van der Waals surface area contributed by atoms with E-state index in [2.05, 4.69) is 10.5 Å². The van der Waals surface area contributed by atoms with Crippen molar-refractivity contribution in [2.75, 3.05) is 4.90 Å². The third-order valence-electron chi connectivity index (χ3n) is 4.73. The fourth-order valence-electron chi connectivity index (χ4n) is 3.29. The van der Waals surface area contributed by atoms with Gasteiger partial charge in [-0.15, -0.1) is 0 Å². The highest BCUT2D eigenvalue weighted by atomic mass is 35.5. The summed E-state index contributed by atoms with van der Waals surface area (Å²) in [5.41, 5.74) is 2.55. The number of rotatable bonds is 5. The van der Waals surface area contributed by atoms with Gasteiger partial charge in [0.15, 0.2) is 5.71 Å². The van der Waals surface area contributed by atoms with Crippen LogP contribution in [0.1, 0.15) is 5.56 Å². The maximum Gasteiger partial charge on any atom is 0.355 e. The molecule has 2 amide bonds. The molecule has 2 unspecified atom stereocenters. The summed E-state index contributed by atoms with van der Waals surface area (Å²) in [5.74, 6) is -3.43. The first-order chi connectivity index (χ1) is 14.4. The van der Waals surface area contributed by atoms with E-state index in [0.29, 0.717) is 0 Å². The highest BCUT2D eigenvalue weighted by Gasteiger charge is 2.56. The third-order valence-corrected chi connectivity index (χ3v) is 5.05. The molecule has 1 fully saturated rings. The summed E-state index contributed by atoms with van der Waals surface area (Å²) >= 11 is 5.79. The summed E-state index contributed by atoms with van der Waals surface area (Å²) in [6, 6.07) is 11.4. The monoisotopic (exact) mass is 428 g/mol. The number of hydrogen-bond donors (Lipinski definition) is 1. The second kappa shape index (κ2) is 7.56. The van der Waals surface area contributed by atoms with Crippen LogP contribution in [0.15, 0.2) is 53.6 Å². The van der Waals surface area contributed by atoms with Crippen LogP contribution in [-0.2, 0) is 25.7 Å². The molecule has 0 saturated carbocycles. The first kappa shape index (κ1) is 19.5. The van der Waals surface area contributed by atoms with Gasteiger partial charge in [-0.25, -0.2) is 9.69 Å². The first-order valence-electron chi connectivity index (χ1n) is 8.74. The second-order valence-corrected chi connectivity index (χ2v) is 6.96. The quantitative estimate of drug-likeness (QED) is 0.332. The zero-order chi connectivity index (χ0) is 21.4. The number of nitro benzene ring substituents is 1. The minimum atomic E-state index is -1.18. The Balaban J connectivity index is 1.55. The SMILES string of the molecule is O=C(OCc1ccccc1)C1=NNC2C(=O)N(c3ccc(Cl)c([N+](=O)[O-])c3)C(=O)C12. The lowest BCUT2D eigenvalue weighted by Crippen LogP contribution is -2.36. The van der Waals surface area contributed by atoms with Gasteiger partial charge in [-0.1, -0.05) is 41.9 Å². The predicted octanol–water partition coefficient (Wildman–Crippen LogP) is 1.81. The van der Waals surface area contributed by atoms with Gasteiger partial charge in [0.2, 0.25) is 5.91 Å². The van der Waals surface area contributed by atoms with Gasteiger partial charge in [-0.05, 0) is 17.7 Å². The van der Waals surface area contributed by atoms with Crippen LogP contribution in [0.4, 0.5) is 11.4 Å². The number of halogens is 1. The van der Waals surface area contributed by atoms with Crippen LogP contribution in [0.5, 0.6) is 0 Å². The maximum absolute atomic E-state index is 12.9. The number of nitro groups is 1. The number of hydrogen-bond acceptors (Lipinski definition) is 8. The van der Waals surface area contributed by atoms with Crippen molar-refractivity contribution >= 4 is 46.5 Å².